The van der Waals surface area contributed by atoms with E-state index in [2.05, 4.69) is 5.32 Å². The molecule has 2 N–H and O–H groups in total. The van der Waals surface area contributed by atoms with Crippen LogP contribution in [-0.4, -0.2) is 22.4 Å². The van der Waals surface area contributed by atoms with E-state index in [1.807, 2.05) is 0 Å². The number of carbonyl (C=O) groups excluding carboxylic acids is 1. The number of hydrogen-bond acceptors (Lipinski definition) is 3. The standard InChI is InChI=1S/C21H19ClF3NO2S/c22-15-4-3-12(21(28)26-13-8-16(23)19(25)17(24)9-13)7-18(15)29-14-5-10-1-2-11(6-14)20(10)27/h3-4,7-11,14,20,27H,1-2,5-6H2,(H,26,28)/t10-,11?,14-,20-/m0/s1. The topological polar surface area (TPSA) is 49.3 Å². The number of aliphatic hydroxyl groups is 1. The predicted octanol–water partition coefficient (Wildman–Crippen LogP) is 5.65. The smallest absolute Gasteiger partial charge is 0.255 e. The molecule has 0 spiro atoms. The maximum Gasteiger partial charge on any atom is 0.255 e. The molecule has 0 heterocycles. The van der Waals surface area contributed by atoms with Gasteiger partial charge in [-0.25, -0.2) is 13.2 Å². The van der Waals surface area contributed by atoms with Gasteiger partial charge in [-0.1, -0.05) is 11.6 Å². The van der Waals surface area contributed by atoms with Crippen molar-refractivity contribution >= 4 is 35.0 Å². The summed E-state index contributed by atoms with van der Waals surface area (Å²) in [5.41, 5.74) is 0.106. The SMILES string of the molecule is O=C(Nc1cc(F)c(F)c(F)c1)c1ccc(Cl)c(S[C@@H]2CC3CC[C@@H](C2)[C@@H]3O)c1. The zero-order valence-corrected chi connectivity index (χ0v) is 16.9. The lowest BCUT2D eigenvalue weighted by atomic mass is 9.86. The second-order valence-corrected chi connectivity index (χ2v) is 9.40. The van der Waals surface area contributed by atoms with E-state index in [1.54, 1.807) is 23.9 Å². The van der Waals surface area contributed by atoms with E-state index in [4.69, 9.17) is 11.6 Å². The zero-order chi connectivity index (χ0) is 20.7. The average Bonchev–Trinajstić information content (AvgIpc) is 2.89. The molecule has 0 aliphatic heterocycles. The molecule has 154 valence electrons. The molecular formula is C21H19ClF3NO2S. The Morgan fingerprint density at radius 1 is 1.07 bits per heavy atom. The Labute approximate surface area is 175 Å². The largest absolute Gasteiger partial charge is 0.393 e. The molecule has 0 aromatic heterocycles. The Balaban J connectivity index is 1.48. The van der Waals surface area contributed by atoms with Gasteiger partial charge in [0, 0.05) is 33.5 Å². The molecule has 29 heavy (non-hydrogen) atoms. The van der Waals surface area contributed by atoms with Crippen molar-refractivity contribution in [2.75, 3.05) is 5.32 Å². The lowest BCUT2D eigenvalue weighted by Crippen LogP contribution is -2.31. The fourth-order valence-corrected chi connectivity index (χ4v) is 5.96. The highest BCUT2D eigenvalue weighted by Gasteiger charge is 2.42. The minimum absolute atomic E-state index is 0.173. The molecule has 2 aromatic rings. The van der Waals surface area contributed by atoms with E-state index < -0.39 is 23.4 Å². The van der Waals surface area contributed by atoms with Crippen LogP contribution in [0.5, 0.6) is 0 Å². The van der Waals surface area contributed by atoms with Gasteiger partial charge in [-0.2, -0.15) is 0 Å². The average molecular weight is 442 g/mol. The Morgan fingerprint density at radius 2 is 1.69 bits per heavy atom. The summed E-state index contributed by atoms with van der Waals surface area (Å²) < 4.78 is 39.8. The third-order valence-corrected chi connectivity index (χ3v) is 7.49. The first-order chi connectivity index (χ1) is 13.8. The highest BCUT2D eigenvalue weighted by Crippen LogP contribution is 2.48. The molecule has 2 saturated carbocycles. The Kier molecular flexibility index (Phi) is 5.82. The van der Waals surface area contributed by atoms with Crippen LogP contribution in [0, 0.1) is 29.3 Å². The Morgan fingerprint density at radius 3 is 2.31 bits per heavy atom. The van der Waals surface area contributed by atoms with Gasteiger partial charge in [-0.3, -0.25) is 4.79 Å². The van der Waals surface area contributed by atoms with E-state index in [0.29, 0.717) is 22.1 Å². The highest BCUT2D eigenvalue weighted by atomic mass is 35.5. The molecule has 4 atom stereocenters. The summed E-state index contributed by atoms with van der Waals surface area (Å²) in [7, 11) is 0. The molecule has 8 heteroatoms. The van der Waals surface area contributed by atoms with Crippen LogP contribution in [0.25, 0.3) is 0 Å². The second kappa shape index (κ2) is 8.20. The number of amides is 1. The molecule has 2 aromatic carbocycles. The number of halogens is 4. The number of nitrogens with one attached hydrogen (secondary N) is 1. The predicted molar refractivity (Wildman–Crippen MR) is 107 cm³/mol. The molecule has 3 nitrogen and oxygen atoms in total. The maximum absolute atomic E-state index is 13.4. The second-order valence-electron chi connectivity index (χ2n) is 7.65. The molecule has 2 bridgehead atoms. The van der Waals surface area contributed by atoms with Gasteiger partial charge in [0.2, 0.25) is 0 Å². The van der Waals surface area contributed by atoms with Crippen molar-refractivity contribution < 1.29 is 23.1 Å². The van der Waals surface area contributed by atoms with Crippen LogP contribution in [0.1, 0.15) is 36.0 Å². The van der Waals surface area contributed by atoms with Crippen molar-refractivity contribution in [1.82, 2.24) is 0 Å². The summed E-state index contributed by atoms with van der Waals surface area (Å²) in [5, 5.41) is 13.4. The van der Waals surface area contributed by atoms with Crippen LogP contribution in [0.2, 0.25) is 5.02 Å². The van der Waals surface area contributed by atoms with E-state index in [1.165, 1.54) is 6.07 Å². The Bertz CT molecular complexity index is 921. The lowest BCUT2D eigenvalue weighted by Gasteiger charge is -2.32. The fraction of sp³-hybridized carbons (Fsp3) is 0.381. The minimum atomic E-state index is -1.58. The summed E-state index contributed by atoms with van der Waals surface area (Å²) in [6, 6.07) is 6.23. The highest BCUT2D eigenvalue weighted by molar-refractivity contribution is 8.00. The van der Waals surface area contributed by atoms with Crippen molar-refractivity contribution in [3.05, 3.63) is 58.4 Å². The van der Waals surface area contributed by atoms with E-state index >= 15 is 0 Å². The van der Waals surface area contributed by atoms with Crippen LogP contribution in [0.3, 0.4) is 0 Å². The van der Waals surface area contributed by atoms with Gasteiger partial charge >= 0.3 is 0 Å². The molecule has 1 unspecified atom stereocenters. The number of hydrogen-bond donors (Lipinski definition) is 2. The van der Waals surface area contributed by atoms with Crippen molar-refractivity contribution in [1.29, 1.82) is 0 Å². The van der Waals surface area contributed by atoms with Crippen molar-refractivity contribution in [3.63, 3.8) is 0 Å². The Hall–Kier alpha value is -1.70. The number of fused-ring (bicyclic) bond motifs is 2. The van der Waals surface area contributed by atoms with Gasteiger partial charge in [0.1, 0.15) is 0 Å². The van der Waals surface area contributed by atoms with Gasteiger partial charge in [0.15, 0.2) is 17.5 Å². The van der Waals surface area contributed by atoms with Crippen molar-refractivity contribution in [2.45, 2.75) is 41.9 Å². The third kappa shape index (κ3) is 4.27. The van der Waals surface area contributed by atoms with Gasteiger partial charge in [-0.05, 0) is 55.7 Å². The number of aliphatic hydroxyl groups excluding tert-OH is 1. The van der Waals surface area contributed by atoms with Crippen molar-refractivity contribution in [3.8, 4) is 0 Å². The summed E-state index contributed by atoms with van der Waals surface area (Å²) in [5.74, 6) is -4.27. The van der Waals surface area contributed by atoms with Crippen LogP contribution >= 0.6 is 23.4 Å². The molecule has 0 radical (unpaired) electrons. The summed E-state index contributed by atoms with van der Waals surface area (Å²) >= 11 is 7.91. The summed E-state index contributed by atoms with van der Waals surface area (Å²) in [4.78, 5) is 13.2. The molecule has 1 amide bonds. The fourth-order valence-electron chi connectivity index (χ4n) is 4.28. The maximum atomic E-state index is 13.4. The molecule has 2 aliphatic carbocycles. The first-order valence-electron chi connectivity index (χ1n) is 9.42. The summed E-state index contributed by atoms with van der Waals surface area (Å²) in [6.07, 6.45) is 3.69. The molecule has 4 rings (SSSR count). The van der Waals surface area contributed by atoms with Crippen LogP contribution in [0.15, 0.2) is 35.2 Å². The van der Waals surface area contributed by atoms with E-state index in [0.717, 1.165) is 42.7 Å². The van der Waals surface area contributed by atoms with E-state index in [-0.39, 0.29) is 17.4 Å². The number of carbonyl (C=O) groups is 1. The zero-order valence-electron chi connectivity index (χ0n) is 15.3. The number of benzene rings is 2. The monoisotopic (exact) mass is 441 g/mol. The van der Waals surface area contributed by atoms with Crippen LogP contribution in [0.4, 0.5) is 18.9 Å². The van der Waals surface area contributed by atoms with Gasteiger partial charge in [0.25, 0.3) is 5.91 Å². The molecule has 2 fully saturated rings. The molecular weight excluding hydrogens is 423 g/mol. The van der Waals surface area contributed by atoms with Crippen LogP contribution in [-0.2, 0) is 0 Å². The summed E-state index contributed by atoms with van der Waals surface area (Å²) in [6.45, 7) is 0. The van der Waals surface area contributed by atoms with Crippen molar-refractivity contribution in [2.24, 2.45) is 11.8 Å². The number of thioether (sulfide) groups is 1. The number of anilines is 1. The van der Waals surface area contributed by atoms with Gasteiger partial charge < -0.3 is 10.4 Å². The minimum Gasteiger partial charge on any atom is -0.393 e. The third-order valence-electron chi connectivity index (χ3n) is 5.73. The first kappa shape index (κ1) is 20.6. The quantitative estimate of drug-likeness (QED) is 0.603. The first-order valence-corrected chi connectivity index (χ1v) is 10.7. The molecule has 2 aliphatic rings. The lowest BCUT2D eigenvalue weighted by molar-refractivity contribution is 0.0628. The van der Waals surface area contributed by atoms with Gasteiger partial charge in [-0.15, -0.1) is 11.8 Å². The normalized spacial score (nSPS) is 25.8. The number of rotatable bonds is 4. The molecule has 0 saturated heterocycles. The van der Waals surface area contributed by atoms with Gasteiger partial charge in [0.05, 0.1) is 11.1 Å². The van der Waals surface area contributed by atoms with Crippen LogP contribution < -0.4 is 5.32 Å². The van der Waals surface area contributed by atoms with E-state index in [9.17, 15) is 23.1 Å².